The van der Waals surface area contributed by atoms with Crippen molar-refractivity contribution in [2.24, 2.45) is 4.99 Å². The van der Waals surface area contributed by atoms with Gasteiger partial charge in [0.25, 0.3) is 0 Å². The Morgan fingerprint density at radius 2 is 1.48 bits per heavy atom. The first-order chi connectivity index (χ1) is 13.7. The molecule has 150 valence electrons. The fraction of sp³-hybridized carbons (Fsp3) is 0.174. The minimum Gasteiger partial charge on any atom is -0.467 e. The third kappa shape index (κ3) is 6.31. The van der Waals surface area contributed by atoms with Gasteiger partial charge in [0, 0.05) is 28.6 Å². The molecule has 0 bridgehead atoms. The number of methoxy groups -OCH3 is 1. The third-order valence-corrected chi connectivity index (χ3v) is 4.83. The smallest absolute Gasteiger partial charge is 0.331 e. The number of alkyl halides is 1. The van der Waals surface area contributed by atoms with Crippen molar-refractivity contribution in [2.75, 3.05) is 7.11 Å². The molecular weight excluding hydrogens is 447 g/mol. The molecule has 0 fully saturated rings. The van der Waals surface area contributed by atoms with Crippen LogP contribution >= 0.6 is 25.8 Å². The minimum absolute atomic E-state index is 0. The first kappa shape index (κ1) is 22.9. The van der Waals surface area contributed by atoms with Crippen molar-refractivity contribution in [1.29, 1.82) is 0 Å². The highest BCUT2D eigenvalue weighted by molar-refractivity contribution is 9.08. The van der Waals surface area contributed by atoms with Gasteiger partial charge in [-0.1, -0.05) is 82.7 Å². The molecule has 29 heavy (non-hydrogen) atoms. The average Bonchev–Trinajstić information content (AvgIpc) is 2.77. The van der Waals surface area contributed by atoms with Gasteiger partial charge in [-0.15, -0.1) is 0 Å². The quantitative estimate of drug-likeness (QED) is 0.218. The molecule has 0 spiro atoms. The molecule has 1 aromatic heterocycles. The number of rotatable bonds is 7. The Bertz CT molecular complexity index is 908. The molecule has 2 aromatic carbocycles. The first-order valence-corrected chi connectivity index (χ1v) is 10.1. The highest BCUT2D eigenvalue weighted by Gasteiger charge is 2.21. The van der Waals surface area contributed by atoms with Crippen LogP contribution in [0.5, 0.6) is 0 Å². The molecule has 0 saturated carbocycles. The number of aromatic nitrogens is 1. The van der Waals surface area contributed by atoms with Crippen LogP contribution in [0, 0.1) is 0 Å². The van der Waals surface area contributed by atoms with E-state index in [4.69, 9.17) is 9.73 Å². The maximum Gasteiger partial charge on any atom is 0.331 e. The number of carbonyl (C=O) groups excluding carboxylic acids is 1. The molecule has 6 heteroatoms. The summed E-state index contributed by atoms with van der Waals surface area (Å²) in [4.78, 5) is 21.9. The van der Waals surface area contributed by atoms with Gasteiger partial charge in [0.1, 0.15) is 0 Å². The normalized spacial score (nSPS) is 11.1. The number of nitrogens with zero attached hydrogens (tertiary/aromatic N) is 2. The maximum atomic E-state index is 12.5. The third-order valence-electron chi connectivity index (χ3n) is 4.26. The Hall–Kier alpha value is -2.36. The molecule has 0 N–H and O–H groups in total. The molecule has 4 nitrogen and oxygen atoms in total. The molecule has 0 aliphatic heterocycles. The van der Waals surface area contributed by atoms with Crippen molar-refractivity contribution >= 4 is 37.5 Å². The number of esters is 1. The summed E-state index contributed by atoms with van der Waals surface area (Å²) in [5.74, 6) is -0.379. The number of pyridine rings is 1. The van der Waals surface area contributed by atoms with Crippen molar-refractivity contribution in [3.05, 3.63) is 101 Å². The Labute approximate surface area is 183 Å². The second-order valence-corrected chi connectivity index (χ2v) is 6.77. The average molecular weight is 471 g/mol. The zero-order chi connectivity index (χ0) is 19.8. The zero-order valence-electron chi connectivity index (χ0n) is 16.3. The van der Waals surface area contributed by atoms with Gasteiger partial charge in [-0.2, -0.15) is 9.90 Å². The number of halogens is 1. The van der Waals surface area contributed by atoms with Crippen molar-refractivity contribution in [2.45, 2.75) is 17.8 Å². The van der Waals surface area contributed by atoms with E-state index < -0.39 is 6.04 Å². The molecule has 0 radical (unpaired) electrons. The fourth-order valence-electron chi connectivity index (χ4n) is 2.90. The Morgan fingerprint density at radius 1 is 0.931 bits per heavy atom. The van der Waals surface area contributed by atoms with Crippen LogP contribution in [0.25, 0.3) is 0 Å². The Balaban J connectivity index is 0.00000300. The van der Waals surface area contributed by atoms with Gasteiger partial charge in [0.2, 0.25) is 0 Å². The maximum absolute atomic E-state index is 12.5. The lowest BCUT2D eigenvalue weighted by molar-refractivity contribution is -0.142. The van der Waals surface area contributed by atoms with E-state index in [-0.39, 0.29) is 15.9 Å². The molecule has 1 unspecified atom stereocenters. The summed E-state index contributed by atoms with van der Waals surface area (Å²) in [7, 11) is 1.39. The van der Waals surface area contributed by atoms with Gasteiger partial charge in [-0.3, -0.25) is 9.98 Å². The van der Waals surface area contributed by atoms with Gasteiger partial charge in [0.15, 0.2) is 6.04 Å². The van der Waals surface area contributed by atoms with E-state index in [0.29, 0.717) is 11.8 Å². The number of carbonyl (C=O) groups is 1. The predicted molar refractivity (Wildman–Crippen MR) is 126 cm³/mol. The van der Waals surface area contributed by atoms with E-state index in [1.54, 1.807) is 0 Å². The molecule has 0 amide bonds. The van der Waals surface area contributed by atoms with E-state index >= 15 is 0 Å². The lowest BCUT2D eigenvalue weighted by atomic mass is 10.0. The predicted octanol–water partition coefficient (Wildman–Crippen LogP) is 4.66. The van der Waals surface area contributed by atoms with Crippen LogP contribution in [0.15, 0.2) is 83.9 Å². The van der Waals surface area contributed by atoms with Gasteiger partial charge in [0.05, 0.1) is 18.5 Å². The number of aliphatic imine (C=N–C) groups is 1. The zero-order valence-corrected chi connectivity index (χ0v) is 19.3. The number of benzene rings is 2. The van der Waals surface area contributed by atoms with E-state index in [1.165, 1.54) is 7.11 Å². The van der Waals surface area contributed by atoms with Crippen LogP contribution in [-0.4, -0.2) is 29.8 Å². The summed E-state index contributed by atoms with van der Waals surface area (Å²) in [5, 5.41) is 0.659. The second kappa shape index (κ2) is 11.6. The van der Waals surface area contributed by atoms with Gasteiger partial charge in [-0.05, 0) is 12.1 Å². The van der Waals surface area contributed by atoms with Crippen molar-refractivity contribution in [1.82, 2.24) is 4.98 Å². The van der Waals surface area contributed by atoms with E-state index in [0.717, 1.165) is 28.2 Å². The summed E-state index contributed by atoms with van der Waals surface area (Å²) in [6.45, 7) is 0. The first-order valence-electron chi connectivity index (χ1n) is 8.98. The number of ether oxygens (including phenoxy) is 1. The molecule has 0 aliphatic rings. The van der Waals surface area contributed by atoms with Crippen LogP contribution in [0.3, 0.4) is 0 Å². The van der Waals surface area contributed by atoms with Crippen molar-refractivity contribution < 1.29 is 9.53 Å². The van der Waals surface area contributed by atoms with Crippen molar-refractivity contribution in [3.63, 3.8) is 0 Å². The fourth-order valence-corrected chi connectivity index (χ4v) is 3.21. The van der Waals surface area contributed by atoms with E-state index in [2.05, 4.69) is 20.9 Å². The summed E-state index contributed by atoms with van der Waals surface area (Å²) in [5.41, 5.74) is 4.37. The molecule has 0 saturated heterocycles. The summed E-state index contributed by atoms with van der Waals surface area (Å²) in [6, 6.07) is 24.8. The monoisotopic (exact) mass is 470 g/mol. The van der Waals surface area contributed by atoms with Crippen LogP contribution in [0.1, 0.15) is 22.5 Å². The molecular formula is C23H24BrN2O2P. The van der Waals surface area contributed by atoms with Crippen LogP contribution in [0.2, 0.25) is 0 Å². The molecule has 0 aliphatic carbocycles. The SMILES string of the molecule is COC(=O)[C@H](Cc1cccc(CBr)n1)N=C(c1ccccc1)c1ccccc1.P. The van der Waals surface area contributed by atoms with Gasteiger partial charge >= 0.3 is 5.97 Å². The highest BCUT2D eigenvalue weighted by atomic mass is 79.9. The van der Waals surface area contributed by atoms with Crippen LogP contribution < -0.4 is 0 Å². The van der Waals surface area contributed by atoms with Crippen LogP contribution in [0.4, 0.5) is 0 Å². The number of hydrogen-bond donors (Lipinski definition) is 0. The van der Waals surface area contributed by atoms with Gasteiger partial charge < -0.3 is 4.74 Å². The van der Waals surface area contributed by atoms with E-state index in [9.17, 15) is 4.79 Å². The van der Waals surface area contributed by atoms with Crippen LogP contribution in [-0.2, 0) is 21.3 Å². The minimum atomic E-state index is -0.682. The summed E-state index contributed by atoms with van der Waals surface area (Å²) >= 11 is 3.42. The Kier molecular flexibility index (Phi) is 9.17. The summed E-state index contributed by atoms with van der Waals surface area (Å²) in [6.07, 6.45) is 0.372. The van der Waals surface area contributed by atoms with Crippen molar-refractivity contribution in [3.8, 4) is 0 Å². The summed E-state index contributed by atoms with van der Waals surface area (Å²) < 4.78 is 5.03. The molecule has 1 heterocycles. The van der Waals surface area contributed by atoms with Gasteiger partial charge in [-0.25, -0.2) is 4.79 Å². The highest BCUT2D eigenvalue weighted by Crippen LogP contribution is 2.15. The molecule has 3 aromatic rings. The molecule has 2 atom stereocenters. The Morgan fingerprint density at radius 3 is 2.00 bits per heavy atom. The number of hydrogen-bond acceptors (Lipinski definition) is 4. The lowest BCUT2D eigenvalue weighted by Crippen LogP contribution is -2.25. The van der Waals surface area contributed by atoms with E-state index in [1.807, 2.05) is 78.9 Å². The second-order valence-electron chi connectivity index (χ2n) is 6.21. The topological polar surface area (TPSA) is 51.5 Å². The standard InChI is InChI=1S/C23H21BrN2O2.H3P/c1-28-23(27)21(15-19-13-8-14-20(16-24)25-19)26-22(17-9-4-2-5-10-17)18-11-6-3-7-12-18;/h2-14,21H,15-16H2,1H3;1H3/t21-;/m0./s1. The largest absolute Gasteiger partial charge is 0.467 e. The molecule has 3 rings (SSSR count). The lowest BCUT2D eigenvalue weighted by Gasteiger charge is -2.14.